The lowest BCUT2D eigenvalue weighted by molar-refractivity contribution is 0.0524. The summed E-state index contributed by atoms with van der Waals surface area (Å²) in [5, 5.41) is 13.9. The topological polar surface area (TPSA) is 97.0 Å². The zero-order valence-electron chi connectivity index (χ0n) is 18.4. The van der Waals surface area contributed by atoms with Gasteiger partial charge in [0.1, 0.15) is 0 Å². The van der Waals surface area contributed by atoms with Crippen molar-refractivity contribution in [3.63, 3.8) is 0 Å². The van der Waals surface area contributed by atoms with Crippen LogP contribution in [0.4, 0.5) is 17.4 Å². The summed E-state index contributed by atoms with van der Waals surface area (Å²) >= 11 is 0. The van der Waals surface area contributed by atoms with Crippen LogP contribution in [-0.4, -0.2) is 28.9 Å². The van der Waals surface area contributed by atoms with Crippen LogP contribution in [-0.2, 0) is 4.74 Å². The van der Waals surface area contributed by atoms with Crippen LogP contribution in [0.5, 0.6) is 5.75 Å². The number of nitrogens with zero attached hydrogens (tertiary/aromatic N) is 2. The van der Waals surface area contributed by atoms with Crippen LogP contribution >= 0.6 is 0 Å². The molecule has 2 aromatic carbocycles. The second kappa shape index (κ2) is 9.07. The highest BCUT2D eigenvalue weighted by Crippen LogP contribution is 2.39. The fourth-order valence-corrected chi connectivity index (χ4v) is 3.71. The summed E-state index contributed by atoms with van der Waals surface area (Å²) in [4.78, 5) is 21.1. The number of rotatable bonds is 6. The van der Waals surface area contributed by atoms with Crippen LogP contribution in [0.2, 0.25) is 0 Å². The second-order valence-electron chi connectivity index (χ2n) is 7.54. The first-order chi connectivity index (χ1) is 16.6. The van der Waals surface area contributed by atoms with Crippen molar-refractivity contribution in [1.29, 1.82) is 0 Å². The smallest absolute Gasteiger partial charge is 0.347 e. The molecule has 0 unspecified atom stereocenters. The number of anilines is 2. The first kappa shape index (κ1) is 21.2. The number of ether oxygens (including phenoxy) is 1. The number of allylic oxidation sites excluding steroid dienone is 1. The Morgan fingerprint density at radius 1 is 1.06 bits per heavy atom. The fraction of sp³-hybridized carbons (Fsp3) is 0.0741. The minimum absolute atomic E-state index is 0.0674. The molecular formula is C27H21N3O4. The number of carbonyl (C=O) groups excluding carboxylic acids is 1. The SMILES string of the molecule is CCOC(=O)c1c(Nc2ccc(-c3ccccc3)cc2)oc(C=C2C=Nc3ncccc32)c1O. The quantitative estimate of drug-likeness (QED) is 0.338. The normalized spacial score (nSPS) is 13.1. The van der Waals surface area contributed by atoms with Gasteiger partial charge in [0.2, 0.25) is 5.88 Å². The summed E-state index contributed by atoms with van der Waals surface area (Å²) in [6, 6.07) is 21.4. The molecule has 3 heterocycles. The number of fused-ring (bicyclic) bond motifs is 1. The van der Waals surface area contributed by atoms with E-state index in [1.807, 2.05) is 60.7 Å². The molecule has 0 bridgehead atoms. The highest BCUT2D eigenvalue weighted by Gasteiger charge is 2.27. The van der Waals surface area contributed by atoms with Crippen LogP contribution < -0.4 is 5.32 Å². The van der Waals surface area contributed by atoms with Crippen molar-refractivity contribution in [2.75, 3.05) is 11.9 Å². The highest BCUT2D eigenvalue weighted by atomic mass is 16.5. The van der Waals surface area contributed by atoms with Crippen LogP contribution in [0.25, 0.3) is 22.8 Å². The number of nitrogens with one attached hydrogen (secondary N) is 1. The molecule has 2 N–H and O–H groups in total. The number of aromatic nitrogens is 1. The average Bonchev–Trinajstić information content (AvgIpc) is 3.41. The Kier molecular flexibility index (Phi) is 5.66. The van der Waals surface area contributed by atoms with Crippen molar-refractivity contribution in [3.8, 4) is 16.9 Å². The Balaban J connectivity index is 1.49. The van der Waals surface area contributed by atoms with E-state index in [9.17, 15) is 9.90 Å². The number of furan rings is 1. The van der Waals surface area contributed by atoms with Gasteiger partial charge in [0.25, 0.3) is 0 Å². The molecule has 0 atom stereocenters. The Labute approximate surface area is 196 Å². The summed E-state index contributed by atoms with van der Waals surface area (Å²) in [6.45, 7) is 1.86. The largest absolute Gasteiger partial charge is 0.504 e. The van der Waals surface area contributed by atoms with E-state index in [-0.39, 0.29) is 29.6 Å². The summed E-state index contributed by atoms with van der Waals surface area (Å²) < 4.78 is 11.0. The van der Waals surface area contributed by atoms with Gasteiger partial charge >= 0.3 is 5.97 Å². The van der Waals surface area contributed by atoms with Crippen molar-refractivity contribution >= 4 is 41.2 Å². The monoisotopic (exact) mass is 451 g/mol. The van der Waals surface area contributed by atoms with Gasteiger partial charge in [0.05, 0.1) is 6.61 Å². The molecule has 1 aliphatic rings. The van der Waals surface area contributed by atoms with E-state index >= 15 is 0 Å². The molecule has 2 aromatic heterocycles. The van der Waals surface area contributed by atoms with Crippen LogP contribution in [0.15, 0.2) is 82.3 Å². The first-order valence-corrected chi connectivity index (χ1v) is 10.8. The van der Waals surface area contributed by atoms with E-state index in [0.29, 0.717) is 17.1 Å². The van der Waals surface area contributed by atoms with Gasteiger partial charge in [-0.2, -0.15) is 0 Å². The van der Waals surface area contributed by atoms with Gasteiger partial charge in [0, 0.05) is 29.2 Å². The lowest BCUT2D eigenvalue weighted by Crippen LogP contribution is -2.06. The molecule has 168 valence electrons. The number of hydrogen-bond donors (Lipinski definition) is 2. The number of hydrogen-bond acceptors (Lipinski definition) is 7. The molecule has 5 rings (SSSR count). The van der Waals surface area contributed by atoms with E-state index in [0.717, 1.165) is 16.7 Å². The third-order valence-corrected chi connectivity index (χ3v) is 5.35. The fourth-order valence-electron chi connectivity index (χ4n) is 3.71. The number of aromatic hydroxyl groups is 1. The van der Waals surface area contributed by atoms with Crippen molar-refractivity contribution in [2.24, 2.45) is 4.99 Å². The maximum Gasteiger partial charge on any atom is 0.347 e. The van der Waals surface area contributed by atoms with E-state index in [4.69, 9.17) is 9.15 Å². The van der Waals surface area contributed by atoms with Crippen molar-refractivity contribution in [1.82, 2.24) is 4.98 Å². The summed E-state index contributed by atoms with van der Waals surface area (Å²) in [5.74, 6) is -0.192. The molecular weight excluding hydrogens is 430 g/mol. The number of benzene rings is 2. The number of esters is 1. The zero-order chi connectivity index (χ0) is 23.5. The summed E-state index contributed by atoms with van der Waals surface area (Å²) in [7, 11) is 0. The van der Waals surface area contributed by atoms with Gasteiger partial charge < -0.3 is 19.6 Å². The Morgan fingerprint density at radius 3 is 2.59 bits per heavy atom. The standard InChI is InChI=1S/C27H21N3O4/c1-2-33-27(32)23-24(31)22(15-19-16-29-25-21(19)9-6-14-28-25)34-26(23)30-20-12-10-18(11-13-20)17-7-4-3-5-8-17/h3-16,30-31H,2H2,1H3. The average molecular weight is 451 g/mol. The Bertz CT molecular complexity index is 1400. The molecule has 34 heavy (non-hydrogen) atoms. The highest BCUT2D eigenvalue weighted by molar-refractivity contribution is 6.21. The van der Waals surface area contributed by atoms with Gasteiger partial charge in [-0.05, 0) is 48.4 Å². The second-order valence-corrected chi connectivity index (χ2v) is 7.54. The lowest BCUT2D eigenvalue weighted by Gasteiger charge is -2.07. The predicted octanol–water partition coefficient (Wildman–Crippen LogP) is 6.22. The van der Waals surface area contributed by atoms with Gasteiger partial charge in [-0.15, -0.1) is 0 Å². The maximum atomic E-state index is 12.6. The Hall–Kier alpha value is -4.65. The maximum absolute atomic E-state index is 12.6. The molecule has 7 heteroatoms. The van der Waals surface area contributed by atoms with Crippen molar-refractivity contribution in [3.05, 3.63) is 89.8 Å². The van der Waals surface area contributed by atoms with Gasteiger partial charge in [-0.1, -0.05) is 42.5 Å². The van der Waals surface area contributed by atoms with Crippen LogP contribution in [0.1, 0.15) is 28.6 Å². The first-order valence-electron chi connectivity index (χ1n) is 10.8. The minimum atomic E-state index is -0.682. The van der Waals surface area contributed by atoms with Crippen molar-refractivity contribution in [2.45, 2.75) is 6.92 Å². The van der Waals surface area contributed by atoms with E-state index in [2.05, 4.69) is 15.3 Å². The number of aliphatic imine (C=N–C) groups is 1. The third-order valence-electron chi connectivity index (χ3n) is 5.35. The minimum Gasteiger partial charge on any atom is -0.504 e. The number of carbonyl (C=O) groups is 1. The molecule has 0 fully saturated rings. The Morgan fingerprint density at radius 2 is 1.82 bits per heavy atom. The molecule has 1 aliphatic heterocycles. The molecule has 0 amide bonds. The molecule has 0 spiro atoms. The third kappa shape index (κ3) is 4.06. The predicted molar refractivity (Wildman–Crippen MR) is 132 cm³/mol. The molecule has 0 radical (unpaired) electrons. The van der Waals surface area contributed by atoms with E-state index in [1.165, 1.54) is 0 Å². The van der Waals surface area contributed by atoms with E-state index < -0.39 is 5.97 Å². The molecule has 7 nitrogen and oxygen atoms in total. The van der Waals surface area contributed by atoms with Crippen molar-refractivity contribution < 1.29 is 19.1 Å². The number of pyridine rings is 1. The molecule has 0 aliphatic carbocycles. The zero-order valence-corrected chi connectivity index (χ0v) is 18.4. The summed E-state index contributed by atoms with van der Waals surface area (Å²) in [6.07, 6.45) is 4.92. The molecule has 4 aromatic rings. The summed E-state index contributed by atoms with van der Waals surface area (Å²) in [5.41, 5.74) is 4.29. The van der Waals surface area contributed by atoms with Gasteiger partial charge in [-0.3, -0.25) is 0 Å². The van der Waals surface area contributed by atoms with Gasteiger partial charge in [0.15, 0.2) is 22.9 Å². The van der Waals surface area contributed by atoms with E-state index in [1.54, 1.807) is 31.5 Å². The lowest BCUT2D eigenvalue weighted by atomic mass is 10.1. The van der Waals surface area contributed by atoms with Crippen LogP contribution in [0.3, 0.4) is 0 Å². The van der Waals surface area contributed by atoms with Gasteiger partial charge in [-0.25, -0.2) is 14.8 Å². The molecule has 0 saturated heterocycles. The molecule has 0 saturated carbocycles. The van der Waals surface area contributed by atoms with Crippen LogP contribution in [0, 0.1) is 0 Å².